The second-order valence-corrected chi connectivity index (χ2v) is 6.53. The number of halogens is 5. The van der Waals surface area contributed by atoms with Crippen molar-refractivity contribution in [2.45, 2.75) is 27.0 Å². The smallest absolute Gasteiger partial charge is 0.387 e. The van der Waals surface area contributed by atoms with Gasteiger partial charge in [-0.3, -0.25) is 4.79 Å². The molecule has 2 aromatic carbocycles. The van der Waals surface area contributed by atoms with Crippen LogP contribution in [0.2, 0.25) is 0 Å². The minimum atomic E-state index is -2.98. The highest BCUT2D eigenvalue weighted by Crippen LogP contribution is 2.29. The van der Waals surface area contributed by atoms with E-state index in [0.29, 0.717) is 22.4 Å². The molecule has 10 heteroatoms. The van der Waals surface area contributed by atoms with Gasteiger partial charge in [-0.1, -0.05) is 6.07 Å². The van der Waals surface area contributed by atoms with E-state index in [4.69, 9.17) is 0 Å². The predicted octanol–water partition coefficient (Wildman–Crippen LogP) is 4.67. The molecule has 0 aliphatic heterocycles. The number of aromatic nitrogens is 2. The first-order valence-corrected chi connectivity index (χ1v) is 8.68. The zero-order valence-corrected chi connectivity index (χ0v) is 15.8. The number of alkyl halides is 2. The van der Waals surface area contributed by atoms with Crippen molar-refractivity contribution in [3.05, 3.63) is 81.0 Å². The van der Waals surface area contributed by atoms with Crippen molar-refractivity contribution in [1.82, 2.24) is 9.55 Å². The van der Waals surface area contributed by atoms with Crippen LogP contribution in [0.4, 0.5) is 33.6 Å². The lowest BCUT2D eigenvalue weighted by Crippen LogP contribution is -2.20. The third-order valence-electron chi connectivity index (χ3n) is 4.27. The fraction of sp³-hybridized carbons (Fsp3) is 0.200. The topological polar surface area (TPSA) is 56.1 Å². The molecule has 0 aliphatic rings. The van der Waals surface area contributed by atoms with Crippen LogP contribution in [0.5, 0.6) is 5.75 Å². The van der Waals surface area contributed by atoms with Gasteiger partial charge in [0, 0.05) is 11.9 Å². The summed E-state index contributed by atoms with van der Waals surface area (Å²) in [6.07, 6.45) is 0.884. The molecule has 158 valence electrons. The van der Waals surface area contributed by atoms with Crippen LogP contribution in [0.15, 0.2) is 41.3 Å². The summed E-state index contributed by atoms with van der Waals surface area (Å²) in [4.78, 5) is 15.4. The molecule has 0 fully saturated rings. The second-order valence-electron chi connectivity index (χ2n) is 6.53. The van der Waals surface area contributed by atoms with Gasteiger partial charge in [0.05, 0.1) is 6.54 Å². The average Bonchev–Trinajstić information content (AvgIpc) is 2.66. The highest BCUT2D eigenvalue weighted by Gasteiger charge is 2.14. The first kappa shape index (κ1) is 21.3. The van der Waals surface area contributed by atoms with Crippen molar-refractivity contribution >= 4 is 11.6 Å². The van der Waals surface area contributed by atoms with Crippen LogP contribution in [-0.2, 0) is 6.54 Å². The monoisotopic (exact) mass is 425 g/mol. The number of rotatable bonds is 6. The highest BCUT2D eigenvalue weighted by atomic mass is 19.3. The Hall–Kier alpha value is -3.43. The summed E-state index contributed by atoms with van der Waals surface area (Å²) < 4.78 is 71.1. The summed E-state index contributed by atoms with van der Waals surface area (Å²) in [5.41, 5.74) is 0.474. The quantitative estimate of drug-likeness (QED) is 0.584. The average molecular weight is 425 g/mol. The lowest BCUT2D eigenvalue weighted by molar-refractivity contribution is -0.0503. The van der Waals surface area contributed by atoms with Crippen molar-refractivity contribution in [2.75, 3.05) is 5.32 Å². The first-order chi connectivity index (χ1) is 14.1. The van der Waals surface area contributed by atoms with E-state index in [1.165, 1.54) is 22.8 Å². The molecule has 0 unspecified atom stereocenters. The van der Waals surface area contributed by atoms with E-state index < -0.39 is 29.6 Å². The van der Waals surface area contributed by atoms with Gasteiger partial charge in [0.2, 0.25) is 11.8 Å². The summed E-state index contributed by atoms with van der Waals surface area (Å²) in [6, 6.07) is 6.07. The van der Waals surface area contributed by atoms with Crippen LogP contribution < -0.4 is 15.6 Å². The van der Waals surface area contributed by atoms with Crippen LogP contribution >= 0.6 is 0 Å². The standard InChI is InChI=1S/C20H16F5N3O2/c1-10-6-17(30-19(24)25)11(2)5-16(10)26-20-27-18(29)15(23)9-28(20)8-12-3-4-13(21)14(22)7-12/h3-7,9,19H,8H2,1-2H3,(H,26,27,29). The van der Waals surface area contributed by atoms with E-state index in [2.05, 4.69) is 15.0 Å². The van der Waals surface area contributed by atoms with E-state index in [1.54, 1.807) is 13.8 Å². The lowest BCUT2D eigenvalue weighted by atomic mass is 10.1. The van der Waals surface area contributed by atoms with Gasteiger partial charge in [-0.25, -0.2) is 8.78 Å². The molecule has 5 nitrogen and oxygen atoms in total. The maximum Gasteiger partial charge on any atom is 0.387 e. The molecular formula is C20H16F5N3O2. The number of hydrogen-bond acceptors (Lipinski definition) is 4. The third kappa shape index (κ3) is 4.76. The van der Waals surface area contributed by atoms with Crippen molar-refractivity contribution in [1.29, 1.82) is 0 Å². The Morgan fingerprint density at radius 2 is 1.77 bits per heavy atom. The number of hydrogen-bond donors (Lipinski definition) is 1. The maximum atomic E-state index is 13.8. The molecule has 0 amide bonds. The zero-order chi connectivity index (χ0) is 22.0. The van der Waals surface area contributed by atoms with Crippen molar-refractivity contribution in [3.63, 3.8) is 0 Å². The molecule has 3 aromatic rings. The molecule has 0 aliphatic carbocycles. The summed E-state index contributed by atoms with van der Waals surface area (Å²) in [5.74, 6) is -3.32. The van der Waals surface area contributed by atoms with Crippen LogP contribution in [0.3, 0.4) is 0 Å². The first-order valence-electron chi connectivity index (χ1n) is 8.68. The number of ether oxygens (including phenoxy) is 1. The molecule has 0 saturated heterocycles. The van der Waals surface area contributed by atoms with Gasteiger partial charge in [0.25, 0.3) is 0 Å². The Morgan fingerprint density at radius 3 is 2.43 bits per heavy atom. The number of nitrogens with one attached hydrogen (secondary N) is 1. The Balaban J connectivity index is 1.98. The van der Waals surface area contributed by atoms with Crippen LogP contribution in [0, 0.1) is 31.3 Å². The van der Waals surface area contributed by atoms with E-state index in [-0.39, 0.29) is 18.2 Å². The minimum absolute atomic E-state index is 0.0145. The fourth-order valence-corrected chi connectivity index (χ4v) is 2.79. The summed E-state index contributed by atoms with van der Waals surface area (Å²) >= 11 is 0. The zero-order valence-electron chi connectivity index (χ0n) is 15.8. The van der Waals surface area contributed by atoms with Gasteiger partial charge < -0.3 is 14.6 Å². The SMILES string of the molecule is Cc1cc(OC(F)F)c(C)cc1Nc1nc(=O)c(F)cn1Cc1ccc(F)c(F)c1. The summed E-state index contributed by atoms with van der Waals surface area (Å²) in [7, 11) is 0. The molecule has 0 saturated carbocycles. The number of benzene rings is 2. The second kappa shape index (κ2) is 8.52. The Morgan fingerprint density at radius 1 is 1.03 bits per heavy atom. The number of anilines is 2. The van der Waals surface area contributed by atoms with Gasteiger partial charge in [0.1, 0.15) is 5.75 Å². The molecule has 30 heavy (non-hydrogen) atoms. The number of aryl methyl sites for hydroxylation is 2. The van der Waals surface area contributed by atoms with Gasteiger partial charge in [0.15, 0.2) is 11.6 Å². The van der Waals surface area contributed by atoms with Crippen molar-refractivity contribution in [3.8, 4) is 5.75 Å². The lowest BCUT2D eigenvalue weighted by Gasteiger charge is -2.17. The maximum absolute atomic E-state index is 13.8. The Labute approximate surface area is 167 Å². The molecule has 0 spiro atoms. The minimum Gasteiger partial charge on any atom is -0.435 e. The molecule has 0 radical (unpaired) electrons. The van der Waals surface area contributed by atoms with E-state index >= 15 is 0 Å². The molecule has 0 atom stereocenters. The molecule has 1 aromatic heterocycles. The molecule has 1 heterocycles. The largest absolute Gasteiger partial charge is 0.435 e. The summed E-state index contributed by atoms with van der Waals surface area (Å²) in [6.45, 7) is 0.0619. The van der Waals surface area contributed by atoms with Gasteiger partial charge in [-0.2, -0.15) is 18.2 Å². The van der Waals surface area contributed by atoms with Crippen molar-refractivity contribution in [2.24, 2.45) is 0 Å². The molecule has 3 rings (SSSR count). The Kier molecular flexibility index (Phi) is 6.04. The normalized spacial score (nSPS) is 11.1. The highest BCUT2D eigenvalue weighted by molar-refractivity contribution is 5.62. The van der Waals surface area contributed by atoms with E-state index in [1.807, 2.05) is 0 Å². The molecular weight excluding hydrogens is 409 g/mol. The van der Waals surface area contributed by atoms with Gasteiger partial charge in [-0.15, -0.1) is 0 Å². The third-order valence-corrected chi connectivity index (χ3v) is 4.27. The van der Waals surface area contributed by atoms with E-state index in [0.717, 1.165) is 18.3 Å². The van der Waals surface area contributed by atoms with Crippen LogP contribution in [0.1, 0.15) is 16.7 Å². The predicted molar refractivity (Wildman–Crippen MR) is 99.7 cm³/mol. The summed E-state index contributed by atoms with van der Waals surface area (Å²) in [5, 5.41) is 2.85. The van der Waals surface area contributed by atoms with E-state index in [9.17, 15) is 26.7 Å². The van der Waals surface area contributed by atoms with Gasteiger partial charge >= 0.3 is 12.2 Å². The van der Waals surface area contributed by atoms with Crippen LogP contribution in [-0.4, -0.2) is 16.2 Å². The van der Waals surface area contributed by atoms with Gasteiger partial charge in [-0.05, 0) is 54.8 Å². The van der Waals surface area contributed by atoms with Crippen LogP contribution in [0.25, 0.3) is 0 Å². The fourth-order valence-electron chi connectivity index (χ4n) is 2.79. The molecule has 0 bridgehead atoms. The Bertz CT molecular complexity index is 1150. The van der Waals surface area contributed by atoms with Crippen molar-refractivity contribution < 1.29 is 26.7 Å². The molecule has 1 N–H and O–H groups in total. The number of nitrogens with zero attached hydrogens (tertiary/aromatic N) is 2.